The molecule has 0 saturated heterocycles. The number of rotatable bonds is 6. The summed E-state index contributed by atoms with van der Waals surface area (Å²) in [6.07, 6.45) is 3.38. The molecule has 2 atom stereocenters. The molecule has 2 aromatic carbocycles. The van der Waals surface area contributed by atoms with Crippen molar-refractivity contribution in [1.29, 1.82) is 0 Å². The number of carbonyl (C=O) groups is 1. The Labute approximate surface area is 167 Å². The van der Waals surface area contributed by atoms with Crippen LogP contribution >= 0.6 is 0 Å². The molecule has 1 N–H and O–H groups in total. The number of nitrogens with zero attached hydrogens (tertiary/aromatic N) is 1. The first-order valence-electron chi connectivity index (χ1n) is 10.2. The summed E-state index contributed by atoms with van der Waals surface area (Å²) in [7, 11) is 0. The second-order valence-electron chi connectivity index (χ2n) is 7.67. The van der Waals surface area contributed by atoms with Crippen molar-refractivity contribution in [2.24, 2.45) is 5.92 Å². The van der Waals surface area contributed by atoms with Crippen molar-refractivity contribution in [1.82, 2.24) is 10.2 Å². The minimum Gasteiger partial charge on any atom is -0.351 e. The normalized spacial score (nSPS) is 23.1. The Kier molecular flexibility index (Phi) is 5.33. The van der Waals surface area contributed by atoms with Crippen LogP contribution in [0.3, 0.4) is 0 Å². The highest BCUT2D eigenvalue weighted by Gasteiger charge is 2.48. The maximum Gasteiger partial charge on any atom is 0.254 e. The first kappa shape index (κ1) is 18.9. The Bertz CT molecular complexity index is 877. The quantitative estimate of drug-likeness (QED) is 0.827. The van der Waals surface area contributed by atoms with E-state index >= 15 is 0 Å². The minimum absolute atomic E-state index is 0.0409. The Hall–Kier alpha value is -2.43. The van der Waals surface area contributed by atoms with Crippen LogP contribution in [0.5, 0.6) is 0 Å². The van der Waals surface area contributed by atoms with Crippen LogP contribution in [0.25, 0.3) is 5.57 Å². The highest BCUT2D eigenvalue weighted by molar-refractivity contribution is 5.99. The van der Waals surface area contributed by atoms with E-state index in [2.05, 4.69) is 53.5 Å². The third-order valence-corrected chi connectivity index (χ3v) is 5.91. The summed E-state index contributed by atoms with van der Waals surface area (Å²) in [5.74, 6) is 0.0903. The van der Waals surface area contributed by atoms with Crippen molar-refractivity contribution >= 4 is 11.5 Å². The van der Waals surface area contributed by atoms with Gasteiger partial charge in [0.05, 0.1) is 0 Å². The number of hydrogen-bond acceptors (Lipinski definition) is 3. The third-order valence-electron chi connectivity index (χ3n) is 5.91. The SMILES string of the molecule is CCOC1(C(C)CN2CC=C(c3ccccc3)CC2)NC(=O)c2ccccc21. The molecule has 2 aliphatic rings. The first-order valence-corrected chi connectivity index (χ1v) is 10.2. The summed E-state index contributed by atoms with van der Waals surface area (Å²) in [5.41, 5.74) is 3.69. The van der Waals surface area contributed by atoms with Crippen LogP contribution in [0.2, 0.25) is 0 Å². The zero-order valence-electron chi connectivity index (χ0n) is 16.7. The van der Waals surface area contributed by atoms with E-state index in [1.807, 2.05) is 31.2 Å². The second kappa shape index (κ2) is 7.90. The number of carbonyl (C=O) groups excluding carboxylic acids is 1. The smallest absolute Gasteiger partial charge is 0.254 e. The maximum atomic E-state index is 12.5. The van der Waals surface area contributed by atoms with E-state index in [1.54, 1.807) is 0 Å². The van der Waals surface area contributed by atoms with E-state index in [0.717, 1.165) is 37.2 Å². The molecule has 0 saturated carbocycles. The number of hydrogen-bond donors (Lipinski definition) is 1. The van der Waals surface area contributed by atoms with Gasteiger partial charge in [0.25, 0.3) is 5.91 Å². The molecular weight excluding hydrogens is 348 g/mol. The molecule has 0 aliphatic carbocycles. The minimum atomic E-state index is -0.744. The van der Waals surface area contributed by atoms with Crippen LogP contribution in [-0.4, -0.2) is 37.0 Å². The van der Waals surface area contributed by atoms with Gasteiger partial charge in [0.15, 0.2) is 5.72 Å². The molecular formula is C24H28N2O2. The van der Waals surface area contributed by atoms with E-state index in [0.29, 0.717) is 6.61 Å². The van der Waals surface area contributed by atoms with Crippen molar-refractivity contribution in [3.63, 3.8) is 0 Å². The molecule has 0 fully saturated rings. The van der Waals surface area contributed by atoms with Gasteiger partial charge in [0, 0.05) is 43.3 Å². The van der Waals surface area contributed by atoms with E-state index in [-0.39, 0.29) is 11.8 Å². The van der Waals surface area contributed by atoms with Crippen molar-refractivity contribution in [3.8, 4) is 0 Å². The molecule has 2 aromatic rings. The third kappa shape index (κ3) is 3.38. The summed E-state index contributed by atoms with van der Waals surface area (Å²) in [5, 5.41) is 3.15. The van der Waals surface area contributed by atoms with Crippen molar-refractivity contribution in [2.75, 3.05) is 26.2 Å². The molecule has 0 bridgehead atoms. The fourth-order valence-corrected chi connectivity index (χ4v) is 4.49. The Morgan fingerprint density at radius 1 is 1.14 bits per heavy atom. The van der Waals surface area contributed by atoms with Crippen LogP contribution in [0.4, 0.5) is 0 Å². The number of nitrogens with one attached hydrogen (secondary N) is 1. The van der Waals surface area contributed by atoms with Gasteiger partial charge in [0.2, 0.25) is 0 Å². The summed E-state index contributed by atoms with van der Waals surface area (Å²) < 4.78 is 6.21. The summed E-state index contributed by atoms with van der Waals surface area (Å²) >= 11 is 0. The van der Waals surface area contributed by atoms with E-state index in [4.69, 9.17) is 4.74 Å². The van der Waals surface area contributed by atoms with Gasteiger partial charge >= 0.3 is 0 Å². The Morgan fingerprint density at radius 3 is 2.61 bits per heavy atom. The molecule has 2 aliphatic heterocycles. The van der Waals surface area contributed by atoms with Crippen molar-refractivity contribution in [3.05, 3.63) is 77.4 Å². The average molecular weight is 377 g/mol. The highest BCUT2D eigenvalue weighted by atomic mass is 16.5. The van der Waals surface area contributed by atoms with Crippen LogP contribution in [0, 0.1) is 5.92 Å². The number of ether oxygens (including phenoxy) is 1. The van der Waals surface area contributed by atoms with Gasteiger partial charge in [-0.25, -0.2) is 0 Å². The Balaban J connectivity index is 1.51. The van der Waals surface area contributed by atoms with E-state index in [9.17, 15) is 4.79 Å². The lowest BCUT2D eigenvalue weighted by Crippen LogP contribution is -2.51. The van der Waals surface area contributed by atoms with Crippen LogP contribution in [0.1, 0.15) is 41.8 Å². The molecule has 2 heterocycles. The molecule has 28 heavy (non-hydrogen) atoms. The topological polar surface area (TPSA) is 41.6 Å². The second-order valence-corrected chi connectivity index (χ2v) is 7.67. The lowest BCUT2D eigenvalue weighted by atomic mass is 9.89. The van der Waals surface area contributed by atoms with Gasteiger partial charge in [-0.3, -0.25) is 9.69 Å². The summed E-state index contributed by atoms with van der Waals surface area (Å²) in [4.78, 5) is 15.0. The molecule has 4 rings (SSSR count). The van der Waals surface area contributed by atoms with Gasteiger partial charge in [0.1, 0.15) is 0 Å². The van der Waals surface area contributed by atoms with Crippen molar-refractivity contribution < 1.29 is 9.53 Å². The van der Waals surface area contributed by atoms with E-state index in [1.165, 1.54) is 11.1 Å². The lowest BCUT2D eigenvalue weighted by molar-refractivity contribution is -0.102. The van der Waals surface area contributed by atoms with Gasteiger partial charge in [-0.05, 0) is 30.5 Å². The zero-order valence-corrected chi connectivity index (χ0v) is 16.7. The largest absolute Gasteiger partial charge is 0.351 e. The van der Waals surface area contributed by atoms with Crippen molar-refractivity contribution in [2.45, 2.75) is 26.0 Å². The number of benzene rings is 2. The van der Waals surface area contributed by atoms with Gasteiger partial charge < -0.3 is 10.1 Å². The molecule has 0 aromatic heterocycles. The van der Waals surface area contributed by atoms with Crippen LogP contribution in [-0.2, 0) is 10.5 Å². The molecule has 0 spiro atoms. The monoisotopic (exact) mass is 376 g/mol. The van der Waals surface area contributed by atoms with Crippen LogP contribution in [0.15, 0.2) is 60.7 Å². The van der Waals surface area contributed by atoms with Gasteiger partial charge in [-0.15, -0.1) is 0 Å². The molecule has 1 amide bonds. The standard InChI is InChI=1S/C24H28N2O2/c1-3-28-24(22-12-8-7-11-21(22)23(27)25-24)18(2)17-26-15-13-20(14-16-26)19-9-5-4-6-10-19/h4-13,18H,3,14-17H2,1-2H3,(H,25,27). The predicted molar refractivity (Wildman–Crippen MR) is 112 cm³/mol. The first-order chi connectivity index (χ1) is 13.6. The molecule has 4 nitrogen and oxygen atoms in total. The fraction of sp³-hybridized carbons (Fsp3) is 0.375. The number of fused-ring (bicyclic) bond motifs is 1. The predicted octanol–water partition coefficient (Wildman–Crippen LogP) is 4.04. The molecule has 4 heteroatoms. The lowest BCUT2D eigenvalue weighted by Gasteiger charge is -2.39. The van der Waals surface area contributed by atoms with Gasteiger partial charge in [-0.2, -0.15) is 0 Å². The van der Waals surface area contributed by atoms with Crippen LogP contribution < -0.4 is 5.32 Å². The average Bonchev–Trinajstić information content (AvgIpc) is 3.03. The zero-order chi connectivity index (χ0) is 19.6. The Morgan fingerprint density at radius 2 is 1.89 bits per heavy atom. The van der Waals surface area contributed by atoms with E-state index < -0.39 is 5.72 Å². The summed E-state index contributed by atoms with van der Waals surface area (Å²) in [6, 6.07) is 18.4. The number of amides is 1. The summed E-state index contributed by atoms with van der Waals surface area (Å²) in [6.45, 7) is 7.52. The maximum absolute atomic E-state index is 12.5. The highest BCUT2D eigenvalue weighted by Crippen LogP contribution is 2.39. The fourth-order valence-electron chi connectivity index (χ4n) is 4.49. The molecule has 0 radical (unpaired) electrons. The van der Waals surface area contributed by atoms with Gasteiger partial charge in [-0.1, -0.05) is 61.5 Å². The molecule has 2 unspecified atom stereocenters. The molecule has 146 valence electrons.